The summed E-state index contributed by atoms with van der Waals surface area (Å²) in [5, 5.41) is 7.44. The molecule has 0 radical (unpaired) electrons. The van der Waals surface area contributed by atoms with Crippen molar-refractivity contribution >= 4 is 17.5 Å². The van der Waals surface area contributed by atoms with E-state index in [9.17, 15) is 4.79 Å². The second-order valence-electron chi connectivity index (χ2n) is 4.57. The monoisotopic (exact) mass is 292 g/mol. The van der Waals surface area contributed by atoms with Gasteiger partial charge >= 0.3 is 0 Å². The van der Waals surface area contributed by atoms with Crippen molar-refractivity contribution in [3.8, 4) is 11.3 Å². The van der Waals surface area contributed by atoms with Crippen LogP contribution in [-0.4, -0.2) is 17.6 Å². The second kappa shape index (κ2) is 7.10. The summed E-state index contributed by atoms with van der Waals surface area (Å²) in [6.07, 6.45) is 2.28. The highest BCUT2D eigenvalue weighted by atomic mass is 35.5. The molecule has 0 saturated carbocycles. The molecule has 106 valence electrons. The SMILES string of the molecule is CCCCNC(=O)Cc1cc(-c2ccc(Cl)cc2)on1. The number of unbranched alkanes of at least 4 members (excludes halogenated alkanes) is 1. The minimum atomic E-state index is -0.0330. The predicted octanol–water partition coefficient (Wildman–Crippen LogP) is 3.45. The van der Waals surface area contributed by atoms with Gasteiger partial charge < -0.3 is 9.84 Å². The predicted molar refractivity (Wildman–Crippen MR) is 78.6 cm³/mol. The van der Waals surface area contributed by atoms with Crippen molar-refractivity contribution in [1.29, 1.82) is 0 Å². The fraction of sp³-hybridized carbons (Fsp3) is 0.333. The summed E-state index contributed by atoms with van der Waals surface area (Å²) >= 11 is 5.83. The first kappa shape index (κ1) is 14.6. The fourth-order valence-electron chi connectivity index (χ4n) is 1.78. The Balaban J connectivity index is 1.95. The van der Waals surface area contributed by atoms with Crippen molar-refractivity contribution in [3.05, 3.63) is 41.0 Å². The maximum absolute atomic E-state index is 11.7. The molecular weight excluding hydrogens is 276 g/mol. The fourth-order valence-corrected chi connectivity index (χ4v) is 1.90. The van der Waals surface area contributed by atoms with E-state index in [-0.39, 0.29) is 12.3 Å². The van der Waals surface area contributed by atoms with E-state index in [0.29, 0.717) is 23.0 Å². The summed E-state index contributed by atoms with van der Waals surface area (Å²) in [4.78, 5) is 11.7. The molecule has 0 aliphatic rings. The highest BCUT2D eigenvalue weighted by Gasteiger charge is 2.10. The quantitative estimate of drug-likeness (QED) is 0.830. The number of nitrogens with zero attached hydrogens (tertiary/aromatic N) is 1. The highest BCUT2D eigenvalue weighted by molar-refractivity contribution is 6.30. The normalized spacial score (nSPS) is 10.5. The molecule has 0 spiro atoms. The lowest BCUT2D eigenvalue weighted by Gasteiger charge is -2.01. The van der Waals surface area contributed by atoms with Crippen LogP contribution in [0, 0.1) is 0 Å². The molecule has 1 N–H and O–H groups in total. The van der Waals surface area contributed by atoms with Gasteiger partial charge in [0.2, 0.25) is 5.91 Å². The number of amides is 1. The molecule has 0 aliphatic heterocycles. The summed E-state index contributed by atoms with van der Waals surface area (Å²) in [5.41, 5.74) is 1.52. The Morgan fingerprint density at radius 2 is 2.10 bits per heavy atom. The van der Waals surface area contributed by atoms with Gasteiger partial charge in [-0.3, -0.25) is 4.79 Å². The molecule has 2 rings (SSSR count). The number of benzene rings is 1. The Bertz CT molecular complexity index is 564. The van der Waals surface area contributed by atoms with Crippen LogP contribution < -0.4 is 5.32 Å². The molecule has 0 saturated heterocycles. The first-order valence-corrected chi connectivity index (χ1v) is 7.05. The first-order valence-electron chi connectivity index (χ1n) is 6.67. The van der Waals surface area contributed by atoms with Gasteiger partial charge in [0.1, 0.15) is 0 Å². The van der Waals surface area contributed by atoms with Crippen LogP contribution in [0.3, 0.4) is 0 Å². The average Bonchev–Trinajstić information content (AvgIpc) is 2.88. The van der Waals surface area contributed by atoms with E-state index >= 15 is 0 Å². The molecule has 4 nitrogen and oxygen atoms in total. The summed E-state index contributed by atoms with van der Waals surface area (Å²) < 4.78 is 5.24. The molecule has 20 heavy (non-hydrogen) atoms. The van der Waals surface area contributed by atoms with Crippen LogP contribution in [0.1, 0.15) is 25.5 Å². The minimum absolute atomic E-state index is 0.0330. The number of rotatable bonds is 6. The molecule has 5 heteroatoms. The van der Waals surface area contributed by atoms with Crippen LogP contribution in [0.15, 0.2) is 34.9 Å². The summed E-state index contributed by atoms with van der Waals surface area (Å²) in [6.45, 7) is 2.79. The zero-order chi connectivity index (χ0) is 14.4. The molecule has 1 amide bonds. The van der Waals surface area contributed by atoms with E-state index in [0.717, 1.165) is 18.4 Å². The third kappa shape index (κ3) is 4.10. The Morgan fingerprint density at radius 1 is 1.35 bits per heavy atom. The molecule has 0 atom stereocenters. The zero-order valence-corrected chi connectivity index (χ0v) is 12.1. The molecule has 1 heterocycles. The van der Waals surface area contributed by atoms with Crippen molar-refractivity contribution in [2.75, 3.05) is 6.54 Å². The molecule has 0 aliphatic carbocycles. The molecule has 1 aromatic heterocycles. The van der Waals surface area contributed by atoms with Crippen LogP contribution in [0.2, 0.25) is 5.02 Å². The lowest BCUT2D eigenvalue weighted by molar-refractivity contribution is -0.120. The van der Waals surface area contributed by atoms with E-state index in [2.05, 4.69) is 17.4 Å². The van der Waals surface area contributed by atoms with Gasteiger partial charge in [-0.1, -0.05) is 30.1 Å². The lowest BCUT2D eigenvalue weighted by atomic mass is 10.1. The van der Waals surface area contributed by atoms with E-state index in [1.165, 1.54) is 0 Å². The van der Waals surface area contributed by atoms with Crippen molar-refractivity contribution in [2.45, 2.75) is 26.2 Å². The number of hydrogen-bond acceptors (Lipinski definition) is 3. The average molecular weight is 293 g/mol. The maximum Gasteiger partial charge on any atom is 0.226 e. The first-order chi connectivity index (χ1) is 9.69. The topological polar surface area (TPSA) is 55.1 Å². The van der Waals surface area contributed by atoms with Gasteiger partial charge in [-0.15, -0.1) is 0 Å². The Hall–Kier alpha value is -1.81. The van der Waals surface area contributed by atoms with Crippen molar-refractivity contribution < 1.29 is 9.32 Å². The van der Waals surface area contributed by atoms with Gasteiger partial charge in [-0.25, -0.2) is 0 Å². The van der Waals surface area contributed by atoms with E-state index < -0.39 is 0 Å². The Kier molecular flexibility index (Phi) is 5.18. The van der Waals surface area contributed by atoms with E-state index in [1.807, 2.05) is 12.1 Å². The Morgan fingerprint density at radius 3 is 2.80 bits per heavy atom. The van der Waals surface area contributed by atoms with Crippen molar-refractivity contribution in [2.24, 2.45) is 0 Å². The molecule has 2 aromatic rings. The number of nitrogens with one attached hydrogen (secondary N) is 1. The standard InChI is InChI=1S/C15H17ClN2O2/c1-2-3-8-17-15(19)10-13-9-14(20-18-13)11-4-6-12(16)7-5-11/h4-7,9H,2-3,8,10H2,1H3,(H,17,19). The molecular formula is C15H17ClN2O2. The molecule has 0 unspecified atom stereocenters. The number of carbonyl (C=O) groups is 1. The van der Waals surface area contributed by atoms with Gasteiger partial charge in [0.05, 0.1) is 12.1 Å². The Labute approximate surface area is 123 Å². The number of aromatic nitrogens is 1. The van der Waals surface area contributed by atoms with E-state index in [4.69, 9.17) is 16.1 Å². The summed E-state index contributed by atoms with van der Waals surface area (Å²) in [5.74, 6) is 0.604. The summed E-state index contributed by atoms with van der Waals surface area (Å²) in [7, 11) is 0. The largest absolute Gasteiger partial charge is 0.356 e. The molecule has 1 aromatic carbocycles. The minimum Gasteiger partial charge on any atom is -0.356 e. The third-order valence-corrected chi connectivity index (χ3v) is 3.13. The van der Waals surface area contributed by atoms with Crippen molar-refractivity contribution in [3.63, 3.8) is 0 Å². The van der Waals surface area contributed by atoms with E-state index in [1.54, 1.807) is 18.2 Å². The van der Waals surface area contributed by atoms with Gasteiger partial charge in [-0.05, 0) is 30.7 Å². The molecule has 0 fully saturated rings. The van der Waals surface area contributed by atoms with Crippen LogP contribution in [0.4, 0.5) is 0 Å². The number of carbonyl (C=O) groups excluding carboxylic acids is 1. The van der Waals surface area contributed by atoms with Crippen LogP contribution in [-0.2, 0) is 11.2 Å². The lowest BCUT2D eigenvalue weighted by Crippen LogP contribution is -2.26. The highest BCUT2D eigenvalue weighted by Crippen LogP contribution is 2.22. The van der Waals surface area contributed by atoms with Gasteiger partial charge in [-0.2, -0.15) is 0 Å². The van der Waals surface area contributed by atoms with Gasteiger partial charge in [0.25, 0.3) is 0 Å². The number of halogens is 1. The van der Waals surface area contributed by atoms with Gasteiger partial charge in [0, 0.05) is 23.2 Å². The second-order valence-corrected chi connectivity index (χ2v) is 5.01. The van der Waals surface area contributed by atoms with Crippen molar-refractivity contribution in [1.82, 2.24) is 10.5 Å². The zero-order valence-electron chi connectivity index (χ0n) is 11.4. The third-order valence-electron chi connectivity index (χ3n) is 2.88. The summed E-state index contributed by atoms with van der Waals surface area (Å²) in [6, 6.07) is 9.07. The number of hydrogen-bond donors (Lipinski definition) is 1. The maximum atomic E-state index is 11.7. The van der Waals surface area contributed by atoms with Crippen LogP contribution in [0.25, 0.3) is 11.3 Å². The van der Waals surface area contributed by atoms with Gasteiger partial charge in [0.15, 0.2) is 5.76 Å². The molecule has 0 bridgehead atoms. The van der Waals surface area contributed by atoms with Crippen LogP contribution >= 0.6 is 11.6 Å². The smallest absolute Gasteiger partial charge is 0.226 e. The van der Waals surface area contributed by atoms with Crippen LogP contribution in [0.5, 0.6) is 0 Å².